The Labute approximate surface area is 134 Å². The van der Waals surface area contributed by atoms with Crippen molar-refractivity contribution in [2.24, 2.45) is 0 Å². The van der Waals surface area contributed by atoms with E-state index in [0.29, 0.717) is 30.3 Å². The van der Waals surface area contributed by atoms with Gasteiger partial charge in [0.2, 0.25) is 5.95 Å². The van der Waals surface area contributed by atoms with Gasteiger partial charge in [-0.1, -0.05) is 0 Å². The molecule has 122 valence electrons. The van der Waals surface area contributed by atoms with Gasteiger partial charge in [0.1, 0.15) is 0 Å². The number of halogens is 1. The number of methoxy groups -OCH3 is 1. The van der Waals surface area contributed by atoms with Crippen LogP contribution in [0.3, 0.4) is 0 Å². The van der Waals surface area contributed by atoms with Gasteiger partial charge in [-0.25, -0.2) is 9.37 Å². The molecular weight excluding hydrogens is 299 g/mol. The van der Waals surface area contributed by atoms with E-state index in [1.807, 2.05) is 18.7 Å². The smallest absolute Gasteiger partial charge is 0.246 e. The van der Waals surface area contributed by atoms with Crippen LogP contribution in [-0.4, -0.2) is 47.6 Å². The summed E-state index contributed by atoms with van der Waals surface area (Å²) in [6.45, 7) is 5.43. The van der Waals surface area contributed by atoms with Crippen molar-refractivity contribution in [3.8, 4) is 17.0 Å². The highest BCUT2D eigenvalue weighted by atomic mass is 19.1. The lowest BCUT2D eigenvalue weighted by molar-refractivity contribution is -0.00576. The van der Waals surface area contributed by atoms with Gasteiger partial charge >= 0.3 is 0 Å². The number of benzene rings is 1. The van der Waals surface area contributed by atoms with Gasteiger partial charge in [0, 0.05) is 18.7 Å². The number of hydrogen-bond donors (Lipinski definition) is 0. The summed E-state index contributed by atoms with van der Waals surface area (Å²) in [5.41, 5.74) is 1.21. The Bertz CT molecular complexity index is 688. The van der Waals surface area contributed by atoms with Crippen LogP contribution >= 0.6 is 0 Å². The molecule has 0 spiro atoms. The molecule has 0 saturated carbocycles. The number of aromatic nitrogens is 3. The van der Waals surface area contributed by atoms with E-state index < -0.39 is 5.82 Å². The molecule has 0 unspecified atom stereocenters. The molecule has 0 aliphatic carbocycles. The van der Waals surface area contributed by atoms with Gasteiger partial charge in [0.25, 0.3) is 0 Å². The monoisotopic (exact) mass is 318 g/mol. The largest absolute Gasteiger partial charge is 0.494 e. The number of morpholine rings is 1. The molecule has 0 bridgehead atoms. The lowest BCUT2D eigenvalue weighted by Crippen LogP contribution is -2.46. The van der Waals surface area contributed by atoms with E-state index in [1.54, 1.807) is 12.1 Å². The summed E-state index contributed by atoms with van der Waals surface area (Å²) >= 11 is 0. The van der Waals surface area contributed by atoms with Crippen LogP contribution in [0, 0.1) is 5.82 Å². The molecule has 0 radical (unpaired) electrons. The second kappa shape index (κ2) is 6.45. The molecule has 1 aromatic carbocycles. The summed E-state index contributed by atoms with van der Waals surface area (Å²) < 4.78 is 24.5. The van der Waals surface area contributed by atoms with Crippen molar-refractivity contribution in [1.29, 1.82) is 0 Å². The zero-order valence-electron chi connectivity index (χ0n) is 13.4. The summed E-state index contributed by atoms with van der Waals surface area (Å²) in [6, 6.07) is 4.71. The maximum Gasteiger partial charge on any atom is 0.246 e. The standard InChI is InChI=1S/C16H19FN4O2/c1-10-8-21(9-11(2)23-10)16-19-14(7-18-20-16)12-4-5-15(22-3)13(17)6-12/h4-7,10-11H,8-9H2,1-3H3/t10-,11+. The zero-order valence-corrected chi connectivity index (χ0v) is 13.4. The van der Waals surface area contributed by atoms with Gasteiger partial charge in [-0.3, -0.25) is 0 Å². The van der Waals surface area contributed by atoms with Gasteiger partial charge in [-0.05, 0) is 32.0 Å². The Morgan fingerprint density at radius 2 is 2.00 bits per heavy atom. The average molecular weight is 318 g/mol. The third kappa shape index (κ3) is 3.39. The lowest BCUT2D eigenvalue weighted by Gasteiger charge is -2.35. The van der Waals surface area contributed by atoms with E-state index in [2.05, 4.69) is 15.2 Å². The predicted octanol–water partition coefficient (Wildman–Crippen LogP) is 2.30. The third-order valence-corrected chi connectivity index (χ3v) is 3.70. The van der Waals surface area contributed by atoms with Crippen LogP contribution in [0.4, 0.5) is 10.3 Å². The fourth-order valence-corrected chi connectivity index (χ4v) is 2.73. The lowest BCUT2D eigenvalue weighted by atomic mass is 10.1. The Balaban J connectivity index is 1.89. The molecule has 1 aliphatic heterocycles. The first kappa shape index (κ1) is 15.6. The van der Waals surface area contributed by atoms with Gasteiger partial charge in [-0.2, -0.15) is 5.10 Å². The van der Waals surface area contributed by atoms with Gasteiger partial charge in [0.15, 0.2) is 11.6 Å². The van der Waals surface area contributed by atoms with Crippen molar-refractivity contribution in [2.75, 3.05) is 25.1 Å². The molecule has 0 amide bonds. The van der Waals surface area contributed by atoms with E-state index in [0.717, 1.165) is 0 Å². The first-order valence-corrected chi connectivity index (χ1v) is 7.51. The molecule has 1 aliphatic rings. The molecule has 2 atom stereocenters. The summed E-state index contributed by atoms with van der Waals surface area (Å²) in [5.74, 6) is 0.298. The summed E-state index contributed by atoms with van der Waals surface area (Å²) in [5, 5.41) is 8.11. The van der Waals surface area contributed by atoms with Crippen molar-refractivity contribution in [1.82, 2.24) is 15.2 Å². The molecule has 23 heavy (non-hydrogen) atoms. The molecule has 1 fully saturated rings. The van der Waals surface area contributed by atoms with Gasteiger partial charge < -0.3 is 14.4 Å². The first-order valence-electron chi connectivity index (χ1n) is 7.51. The van der Waals surface area contributed by atoms with E-state index >= 15 is 0 Å². The van der Waals surface area contributed by atoms with Crippen LogP contribution < -0.4 is 9.64 Å². The summed E-state index contributed by atoms with van der Waals surface area (Å²) in [7, 11) is 1.43. The van der Waals surface area contributed by atoms with Crippen molar-refractivity contribution in [2.45, 2.75) is 26.1 Å². The second-order valence-corrected chi connectivity index (χ2v) is 5.65. The SMILES string of the molecule is COc1ccc(-c2cnnc(N3C[C@@H](C)O[C@@H](C)C3)n2)cc1F. The highest BCUT2D eigenvalue weighted by molar-refractivity contribution is 5.60. The van der Waals surface area contributed by atoms with Gasteiger partial charge in [0.05, 0.1) is 31.2 Å². The van der Waals surface area contributed by atoms with Crippen LogP contribution in [0.5, 0.6) is 5.75 Å². The molecule has 0 N–H and O–H groups in total. The maximum atomic E-state index is 13.9. The van der Waals surface area contributed by atoms with Crippen LogP contribution in [0.2, 0.25) is 0 Å². The zero-order chi connectivity index (χ0) is 16.4. The number of nitrogens with zero attached hydrogens (tertiary/aromatic N) is 4. The van der Waals surface area contributed by atoms with E-state index in [1.165, 1.54) is 19.4 Å². The Hall–Kier alpha value is -2.28. The molecule has 1 saturated heterocycles. The molecule has 2 heterocycles. The average Bonchev–Trinajstić information content (AvgIpc) is 2.54. The fourth-order valence-electron chi connectivity index (χ4n) is 2.73. The normalized spacial score (nSPS) is 21.3. The summed E-state index contributed by atoms with van der Waals surface area (Å²) in [6.07, 6.45) is 1.73. The predicted molar refractivity (Wildman–Crippen MR) is 84.0 cm³/mol. The fraction of sp³-hybridized carbons (Fsp3) is 0.438. The van der Waals surface area contributed by atoms with Crippen molar-refractivity contribution >= 4 is 5.95 Å². The Kier molecular flexibility index (Phi) is 4.38. The van der Waals surface area contributed by atoms with E-state index in [4.69, 9.17) is 9.47 Å². The quantitative estimate of drug-likeness (QED) is 0.865. The maximum absolute atomic E-state index is 13.9. The topological polar surface area (TPSA) is 60.4 Å². The van der Waals surface area contributed by atoms with Crippen molar-refractivity contribution in [3.05, 3.63) is 30.2 Å². The highest BCUT2D eigenvalue weighted by Gasteiger charge is 2.24. The van der Waals surface area contributed by atoms with Crippen molar-refractivity contribution < 1.29 is 13.9 Å². The minimum atomic E-state index is -0.432. The molecule has 3 rings (SSSR count). The molecule has 2 aromatic rings. The number of ether oxygens (including phenoxy) is 2. The second-order valence-electron chi connectivity index (χ2n) is 5.65. The highest BCUT2D eigenvalue weighted by Crippen LogP contribution is 2.25. The van der Waals surface area contributed by atoms with Crippen LogP contribution in [0.25, 0.3) is 11.3 Å². The third-order valence-electron chi connectivity index (χ3n) is 3.70. The Morgan fingerprint density at radius 3 is 2.65 bits per heavy atom. The van der Waals surface area contributed by atoms with Crippen LogP contribution in [0.15, 0.2) is 24.4 Å². The van der Waals surface area contributed by atoms with Crippen LogP contribution in [-0.2, 0) is 4.74 Å². The van der Waals surface area contributed by atoms with Crippen molar-refractivity contribution in [3.63, 3.8) is 0 Å². The number of anilines is 1. The molecule has 1 aromatic heterocycles. The molecule has 6 nitrogen and oxygen atoms in total. The van der Waals surface area contributed by atoms with E-state index in [9.17, 15) is 4.39 Å². The van der Waals surface area contributed by atoms with Gasteiger partial charge in [-0.15, -0.1) is 5.10 Å². The van der Waals surface area contributed by atoms with Crippen LogP contribution in [0.1, 0.15) is 13.8 Å². The minimum absolute atomic E-state index is 0.101. The molecule has 7 heteroatoms. The first-order chi connectivity index (χ1) is 11.1. The van der Waals surface area contributed by atoms with E-state index in [-0.39, 0.29) is 18.0 Å². The number of hydrogen-bond acceptors (Lipinski definition) is 6. The molecular formula is C16H19FN4O2. The number of rotatable bonds is 3. The Morgan fingerprint density at radius 1 is 1.26 bits per heavy atom. The minimum Gasteiger partial charge on any atom is -0.494 e. The summed E-state index contributed by atoms with van der Waals surface area (Å²) in [4.78, 5) is 6.56.